The second-order valence-electron chi connectivity index (χ2n) is 4.43. The van der Waals surface area contributed by atoms with Crippen molar-refractivity contribution in [1.82, 2.24) is 0 Å². The van der Waals surface area contributed by atoms with Crippen LogP contribution >= 0.6 is 0 Å². The van der Waals surface area contributed by atoms with Crippen molar-refractivity contribution in [2.24, 2.45) is 0 Å². The minimum absolute atomic E-state index is 0.118. The molecule has 0 radical (unpaired) electrons. The van der Waals surface area contributed by atoms with Crippen molar-refractivity contribution in [3.63, 3.8) is 0 Å². The molecule has 4 nitrogen and oxygen atoms in total. The molecule has 0 aliphatic rings. The number of carbonyl (C=O) groups excluding carboxylic acids is 2. The Morgan fingerprint density at radius 3 is 1.86 bits per heavy atom. The smallest absolute Gasteiger partial charge is 0.305 e. The minimum Gasteiger partial charge on any atom is -0.458 e. The van der Waals surface area contributed by atoms with Gasteiger partial charge >= 0.3 is 5.97 Å². The van der Waals surface area contributed by atoms with Crippen molar-refractivity contribution in [3.05, 3.63) is 71.8 Å². The molecule has 0 aliphatic heterocycles. The molecular weight excluding hydrogens is 280 g/mol. The zero-order valence-corrected chi connectivity index (χ0v) is 12.5. The molecule has 0 fully saturated rings. The fourth-order valence-corrected chi connectivity index (χ4v) is 1.69. The molecule has 0 heterocycles. The van der Waals surface area contributed by atoms with Gasteiger partial charge in [-0.15, -0.1) is 0 Å². The Hall–Kier alpha value is -2.46. The highest BCUT2D eigenvalue weighted by Crippen LogP contribution is 2.20. The Bertz CT molecular complexity index is 512. The van der Waals surface area contributed by atoms with E-state index in [2.05, 4.69) is 4.74 Å². The quantitative estimate of drug-likeness (QED) is 0.681. The van der Waals surface area contributed by atoms with Gasteiger partial charge in [-0.2, -0.15) is 0 Å². The van der Waals surface area contributed by atoms with Gasteiger partial charge in [0.1, 0.15) is 12.7 Å². The van der Waals surface area contributed by atoms with Crippen LogP contribution in [0, 0.1) is 0 Å². The Morgan fingerprint density at radius 2 is 1.50 bits per heavy atom. The summed E-state index contributed by atoms with van der Waals surface area (Å²) in [6.07, 6.45) is 0.360. The molecular formula is C18H20O4. The zero-order chi connectivity index (χ0) is 16.2. The van der Waals surface area contributed by atoms with Gasteiger partial charge < -0.3 is 9.84 Å². The number of carbonyl (C=O) groups is 2. The van der Waals surface area contributed by atoms with E-state index in [4.69, 9.17) is 0 Å². The van der Waals surface area contributed by atoms with Gasteiger partial charge in [-0.3, -0.25) is 9.59 Å². The second kappa shape index (κ2) is 10.3. The van der Waals surface area contributed by atoms with Crippen molar-refractivity contribution in [1.29, 1.82) is 0 Å². The van der Waals surface area contributed by atoms with E-state index in [0.29, 0.717) is 12.7 Å². The second-order valence-corrected chi connectivity index (χ2v) is 4.43. The summed E-state index contributed by atoms with van der Waals surface area (Å²) < 4.78 is 4.33. The molecule has 116 valence electrons. The number of benzene rings is 2. The van der Waals surface area contributed by atoms with Gasteiger partial charge in [0.05, 0.1) is 0 Å². The number of rotatable bonds is 5. The molecule has 0 amide bonds. The van der Waals surface area contributed by atoms with Crippen LogP contribution in [-0.4, -0.2) is 24.0 Å². The lowest BCUT2D eigenvalue weighted by molar-refractivity contribution is -0.145. The maximum absolute atomic E-state index is 10.2. The number of hydrogen-bond donors (Lipinski definition) is 1. The van der Waals surface area contributed by atoms with Crippen LogP contribution < -0.4 is 0 Å². The number of aldehydes is 1. The Kier molecular flexibility index (Phi) is 8.23. The summed E-state index contributed by atoms with van der Waals surface area (Å²) >= 11 is 0. The van der Waals surface area contributed by atoms with Crippen LogP contribution in [0.3, 0.4) is 0 Å². The van der Waals surface area contributed by atoms with Gasteiger partial charge in [-0.05, 0) is 11.1 Å². The Balaban J connectivity index is 0.000000261. The maximum atomic E-state index is 10.2. The molecule has 0 spiro atoms. The summed E-state index contributed by atoms with van der Waals surface area (Å²) in [5, 5.41) is 9.99. The van der Waals surface area contributed by atoms with Crippen LogP contribution in [-0.2, 0) is 14.3 Å². The van der Waals surface area contributed by atoms with Crippen LogP contribution in [0.25, 0.3) is 0 Å². The standard InChI is InChI=1S/C13H12O.C5H8O3/c14-13(11-7-3-1-4-8-11)12-9-5-2-6-10-12;1-2-5(7)8-4-3-6/h1-10,13-14H;3H,2,4H2,1H3. The average molecular weight is 300 g/mol. The van der Waals surface area contributed by atoms with Crippen LogP contribution in [0.2, 0.25) is 0 Å². The van der Waals surface area contributed by atoms with Crippen LogP contribution in [0.4, 0.5) is 0 Å². The van der Waals surface area contributed by atoms with Gasteiger partial charge in [0, 0.05) is 6.42 Å². The summed E-state index contributed by atoms with van der Waals surface area (Å²) in [7, 11) is 0. The van der Waals surface area contributed by atoms with Crippen molar-refractivity contribution < 1.29 is 19.4 Å². The van der Waals surface area contributed by atoms with E-state index in [1.165, 1.54) is 0 Å². The molecule has 0 saturated carbocycles. The van der Waals surface area contributed by atoms with Gasteiger partial charge in [0.2, 0.25) is 0 Å². The molecule has 0 atom stereocenters. The number of aliphatic hydroxyl groups is 1. The minimum atomic E-state index is -0.516. The first-order valence-corrected chi connectivity index (χ1v) is 7.06. The van der Waals surface area contributed by atoms with Crippen LogP contribution in [0.15, 0.2) is 60.7 Å². The summed E-state index contributed by atoms with van der Waals surface area (Å²) in [4.78, 5) is 19.7. The summed E-state index contributed by atoms with van der Waals surface area (Å²) in [5.41, 5.74) is 1.86. The molecule has 0 saturated heterocycles. The molecule has 0 aliphatic carbocycles. The first-order valence-electron chi connectivity index (χ1n) is 7.06. The van der Waals surface area contributed by atoms with E-state index in [0.717, 1.165) is 11.1 Å². The first kappa shape index (κ1) is 17.6. The molecule has 0 aromatic heterocycles. The number of ether oxygens (including phenoxy) is 1. The molecule has 2 rings (SSSR count). The summed E-state index contributed by atoms with van der Waals surface area (Å²) in [6, 6.07) is 19.3. The summed E-state index contributed by atoms with van der Waals surface area (Å²) in [6.45, 7) is 1.56. The number of aliphatic hydroxyl groups excluding tert-OH is 1. The highest BCUT2D eigenvalue weighted by Gasteiger charge is 2.07. The highest BCUT2D eigenvalue weighted by molar-refractivity contribution is 5.70. The third-order valence-corrected chi connectivity index (χ3v) is 2.83. The van der Waals surface area contributed by atoms with E-state index in [1.54, 1.807) is 6.92 Å². The maximum Gasteiger partial charge on any atom is 0.305 e. The van der Waals surface area contributed by atoms with E-state index >= 15 is 0 Å². The Morgan fingerprint density at radius 1 is 1.05 bits per heavy atom. The first-order chi connectivity index (χ1) is 10.7. The van der Waals surface area contributed by atoms with Crippen LogP contribution in [0.1, 0.15) is 30.6 Å². The van der Waals surface area contributed by atoms with Gasteiger partial charge in [0.25, 0.3) is 0 Å². The number of hydrogen-bond acceptors (Lipinski definition) is 4. The van der Waals surface area contributed by atoms with E-state index in [-0.39, 0.29) is 12.6 Å². The van der Waals surface area contributed by atoms with Crippen molar-refractivity contribution in [3.8, 4) is 0 Å². The van der Waals surface area contributed by atoms with Gasteiger partial charge in [0.15, 0.2) is 6.29 Å². The fourth-order valence-electron chi connectivity index (χ4n) is 1.69. The van der Waals surface area contributed by atoms with Crippen molar-refractivity contribution in [2.75, 3.05) is 6.61 Å². The topological polar surface area (TPSA) is 63.6 Å². The third-order valence-electron chi connectivity index (χ3n) is 2.83. The molecule has 4 heteroatoms. The largest absolute Gasteiger partial charge is 0.458 e. The molecule has 22 heavy (non-hydrogen) atoms. The fraction of sp³-hybridized carbons (Fsp3) is 0.222. The summed E-state index contributed by atoms with van der Waals surface area (Å²) in [5.74, 6) is -0.336. The zero-order valence-electron chi connectivity index (χ0n) is 12.5. The lowest BCUT2D eigenvalue weighted by Crippen LogP contribution is -2.03. The predicted molar refractivity (Wildman–Crippen MR) is 84.3 cm³/mol. The van der Waals surface area contributed by atoms with E-state index < -0.39 is 6.10 Å². The van der Waals surface area contributed by atoms with Crippen molar-refractivity contribution >= 4 is 12.3 Å². The molecule has 1 N–H and O–H groups in total. The van der Waals surface area contributed by atoms with Crippen molar-refractivity contribution in [2.45, 2.75) is 19.4 Å². The Labute approximate surface area is 130 Å². The molecule has 2 aromatic carbocycles. The lowest BCUT2D eigenvalue weighted by Gasteiger charge is -2.10. The van der Waals surface area contributed by atoms with Crippen LogP contribution in [0.5, 0.6) is 0 Å². The average Bonchev–Trinajstić information content (AvgIpc) is 2.61. The normalized spacial score (nSPS) is 9.59. The van der Waals surface area contributed by atoms with Gasteiger partial charge in [-0.25, -0.2) is 0 Å². The van der Waals surface area contributed by atoms with Gasteiger partial charge in [-0.1, -0.05) is 67.6 Å². The molecule has 0 unspecified atom stereocenters. The third kappa shape index (κ3) is 6.33. The SMILES string of the molecule is CCC(=O)OCC=O.OC(c1ccccc1)c1ccccc1. The predicted octanol–water partition coefficient (Wildman–Crippen LogP) is 2.91. The lowest BCUT2D eigenvalue weighted by atomic mass is 10.0. The van der Waals surface area contributed by atoms with E-state index in [1.807, 2.05) is 60.7 Å². The monoisotopic (exact) mass is 300 g/mol. The molecule has 2 aromatic rings. The molecule has 0 bridgehead atoms. The van der Waals surface area contributed by atoms with E-state index in [9.17, 15) is 14.7 Å². The highest BCUT2D eigenvalue weighted by atomic mass is 16.5. The number of esters is 1.